The van der Waals surface area contributed by atoms with Gasteiger partial charge in [0.15, 0.2) is 0 Å². The van der Waals surface area contributed by atoms with Crippen LogP contribution in [-0.4, -0.2) is 43.1 Å². The summed E-state index contributed by atoms with van der Waals surface area (Å²) in [5, 5.41) is 10.6. The molecule has 6 rings (SSSR count). The van der Waals surface area contributed by atoms with Crippen molar-refractivity contribution < 1.29 is 14.3 Å². The maximum absolute atomic E-state index is 12.3. The van der Waals surface area contributed by atoms with E-state index in [1.165, 1.54) is 11.1 Å². The highest BCUT2D eigenvalue weighted by atomic mass is 35.5. The molecule has 0 spiro atoms. The second kappa shape index (κ2) is 10.4. The minimum Gasteiger partial charge on any atom is -0.468 e. The molecule has 4 heterocycles. The second-order valence-electron chi connectivity index (χ2n) is 10.3. The minimum absolute atomic E-state index is 0.226. The number of ether oxygens (including phenoxy) is 1. The zero-order valence-corrected chi connectivity index (χ0v) is 23.3. The lowest BCUT2D eigenvalue weighted by molar-refractivity contribution is -0.120. The van der Waals surface area contributed by atoms with Crippen LogP contribution in [0.15, 0.2) is 48.7 Å². The number of urea groups is 1. The Hall–Kier alpha value is -4.15. The van der Waals surface area contributed by atoms with Gasteiger partial charge in [0.2, 0.25) is 11.8 Å². The molecule has 1 atom stereocenters. The number of H-pyrrole nitrogens is 1. The van der Waals surface area contributed by atoms with Crippen LogP contribution in [0, 0.1) is 6.92 Å². The maximum atomic E-state index is 12.3. The van der Waals surface area contributed by atoms with E-state index >= 15 is 0 Å². The average Bonchev–Trinajstić information content (AvgIpc) is 3.61. The van der Waals surface area contributed by atoms with Crippen LogP contribution in [0.25, 0.3) is 11.4 Å². The van der Waals surface area contributed by atoms with Gasteiger partial charge in [0.05, 0.1) is 11.9 Å². The van der Waals surface area contributed by atoms with Crippen molar-refractivity contribution in [1.29, 1.82) is 0 Å². The molecule has 4 aromatic rings. The number of fused-ring (bicyclic) bond motifs is 1. The van der Waals surface area contributed by atoms with Crippen LogP contribution in [0.1, 0.15) is 47.4 Å². The zero-order valence-electron chi connectivity index (χ0n) is 22.6. The van der Waals surface area contributed by atoms with E-state index in [2.05, 4.69) is 43.6 Å². The van der Waals surface area contributed by atoms with E-state index in [0.29, 0.717) is 29.8 Å². The maximum Gasteiger partial charge on any atom is 0.329 e. The number of benzene rings is 2. The van der Waals surface area contributed by atoms with Gasteiger partial charge in [-0.1, -0.05) is 41.9 Å². The molecule has 206 valence electrons. The molecular formula is C29H30ClN7O3. The third kappa shape index (κ3) is 4.84. The number of anilines is 1. The molecule has 2 aliphatic rings. The number of carbonyl (C=O) groups is 2. The van der Waals surface area contributed by atoms with Crippen molar-refractivity contribution in [2.75, 3.05) is 11.4 Å². The van der Waals surface area contributed by atoms with Gasteiger partial charge in [-0.15, -0.1) is 5.10 Å². The van der Waals surface area contributed by atoms with Crippen LogP contribution < -0.4 is 15.0 Å². The van der Waals surface area contributed by atoms with Crippen molar-refractivity contribution in [1.82, 2.24) is 30.0 Å². The Morgan fingerprint density at radius 2 is 1.93 bits per heavy atom. The molecule has 2 aliphatic heterocycles. The highest BCUT2D eigenvalue weighted by Gasteiger charge is 2.28. The van der Waals surface area contributed by atoms with E-state index in [9.17, 15) is 9.59 Å². The summed E-state index contributed by atoms with van der Waals surface area (Å²) < 4.78 is 8.04. The summed E-state index contributed by atoms with van der Waals surface area (Å²) in [6.45, 7) is 6.65. The zero-order chi connectivity index (χ0) is 28.0. The predicted molar refractivity (Wildman–Crippen MR) is 151 cm³/mol. The van der Waals surface area contributed by atoms with Crippen LogP contribution in [0.5, 0.6) is 5.88 Å². The molecule has 2 aromatic heterocycles. The van der Waals surface area contributed by atoms with E-state index in [-0.39, 0.29) is 18.4 Å². The topological polar surface area (TPSA) is 108 Å². The largest absolute Gasteiger partial charge is 0.468 e. The van der Waals surface area contributed by atoms with Crippen molar-refractivity contribution in [3.05, 3.63) is 81.6 Å². The second-order valence-corrected chi connectivity index (χ2v) is 10.7. The van der Waals surface area contributed by atoms with E-state index in [0.717, 1.165) is 41.3 Å². The summed E-state index contributed by atoms with van der Waals surface area (Å²) in [6, 6.07) is 13.6. The fraction of sp³-hybridized carbons (Fsp3) is 0.310. The summed E-state index contributed by atoms with van der Waals surface area (Å²) in [5.41, 5.74) is 6.41. The first-order valence-corrected chi connectivity index (χ1v) is 13.6. The fourth-order valence-corrected chi connectivity index (χ4v) is 5.65. The lowest BCUT2D eigenvalue weighted by Crippen LogP contribution is -2.50. The molecule has 11 heteroatoms. The molecule has 10 nitrogen and oxygen atoms in total. The van der Waals surface area contributed by atoms with Crippen molar-refractivity contribution in [2.45, 2.75) is 46.0 Å². The standard InChI is InChI=1S/C29H30ClN7O3/c1-17-24(33-34-28(17)40-18(2)22-6-4-5-7-23(22)30)16-36-14-20-9-8-19(12-21(20)15-36)27-31-13-26(35(27)3)37-11-10-25(38)32-29(37)39/h4-9,12-13,18H,10-11,14-16H2,1-3H3,(H,33,34)(H,32,38,39)/t18-/m1/s1. The fourth-order valence-electron chi connectivity index (χ4n) is 5.36. The summed E-state index contributed by atoms with van der Waals surface area (Å²) in [7, 11) is 1.88. The lowest BCUT2D eigenvalue weighted by atomic mass is 10.1. The Bertz CT molecular complexity index is 1610. The Morgan fingerprint density at radius 1 is 1.12 bits per heavy atom. The molecule has 1 saturated heterocycles. The van der Waals surface area contributed by atoms with Gasteiger partial charge in [0.25, 0.3) is 0 Å². The third-order valence-electron chi connectivity index (χ3n) is 7.63. The molecule has 40 heavy (non-hydrogen) atoms. The first-order chi connectivity index (χ1) is 19.3. The molecule has 0 saturated carbocycles. The van der Waals surface area contributed by atoms with E-state index in [1.54, 1.807) is 11.1 Å². The smallest absolute Gasteiger partial charge is 0.329 e. The highest BCUT2D eigenvalue weighted by molar-refractivity contribution is 6.31. The Labute approximate surface area is 236 Å². The molecule has 2 aromatic carbocycles. The summed E-state index contributed by atoms with van der Waals surface area (Å²) >= 11 is 6.34. The van der Waals surface area contributed by atoms with Crippen molar-refractivity contribution in [2.24, 2.45) is 7.05 Å². The third-order valence-corrected chi connectivity index (χ3v) is 7.97. The van der Waals surface area contributed by atoms with Gasteiger partial charge in [0, 0.05) is 61.4 Å². The highest BCUT2D eigenvalue weighted by Crippen LogP contribution is 2.33. The first kappa shape index (κ1) is 26.1. The van der Waals surface area contributed by atoms with Crippen LogP contribution in [0.3, 0.4) is 0 Å². The van der Waals surface area contributed by atoms with Gasteiger partial charge in [-0.3, -0.25) is 25.0 Å². The van der Waals surface area contributed by atoms with Crippen LogP contribution in [0.2, 0.25) is 5.02 Å². The summed E-state index contributed by atoms with van der Waals surface area (Å²) in [5.74, 6) is 1.74. The molecular weight excluding hydrogens is 530 g/mol. The van der Waals surface area contributed by atoms with Gasteiger partial charge in [0.1, 0.15) is 17.7 Å². The number of rotatable bonds is 7. The summed E-state index contributed by atoms with van der Waals surface area (Å²) in [4.78, 5) is 32.4. The number of hydrogen-bond donors (Lipinski definition) is 2. The van der Waals surface area contributed by atoms with Crippen molar-refractivity contribution in [3.63, 3.8) is 0 Å². The quantitative estimate of drug-likeness (QED) is 0.334. The van der Waals surface area contributed by atoms with Gasteiger partial charge >= 0.3 is 6.03 Å². The number of aromatic nitrogens is 4. The number of hydrogen-bond acceptors (Lipinski definition) is 6. The van der Waals surface area contributed by atoms with Crippen molar-refractivity contribution in [3.8, 4) is 17.3 Å². The van der Waals surface area contributed by atoms with Gasteiger partial charge in [-0.2, -0.15) is 0 Å². The number of amides is 3. The van der Waals surface area contributed by atoms with Crippen LogP contribution >= 0.6 is 11.6 Å². The van der Waals surface area contributed by atoms with E-state index in [1.807, 2.05) is 49.7 Å². The monoisotopic (exact) mass is 559 g/mol. The Kier molecular flexibility index (Phi) is 6.81. The SMILES string of the molecule is Cc1c(O[C@H](C)c2ccccc2Cl)n[nH]c1CN1Cc2ccc(-c3ncc(N4CCC(=O)NC4=O)n3C)cc2C1. The predicted octanol–water partition coefficient (Wildman–Crippen LogP) is 4.87. The molecule has 3 amide bonds. The molecule has 0 bridgehead atoms. The molecule has 2 N–H and O–H groups in total. The number of imide groups is 1. The van der Waals surface area contributed by atoms with Gasteiger partial charge in [-0.05, 0) is 37.1 Å². The van der Waals surface area contributed by atoms with Crippen LogP contribution in [-0.2, 0) is 31.5 Å². The first-order valence-electron chi connectivity index (χ1n) is 13.2. The lowest BCUT2D eigenvalue weighted by Gasteiger charge is -2.26. The number of aromatic amines is 1. The number of halogens is 1. The number of carbonyl (C=O) groups excluding carboxylic acids is 2. The summed E-state index contributed by atoms with van der Waals surface area (Å²) in [6.07, 6.45) is 1.72. The molecule has 1 fully saturated rings. The number of nitrogens with zero attached hydrogens (tertiary/aromatic N) is 5. The molecule has 0 unspecified atom stereocenters. The number of imidazole rings is 1. The molecule has 0 aliphatic carbocycles. The number of nitrogens with one attached hydrogen (secondary N) is 2. The minimum atomic E-state index is -0.420. The Morgan fingerprint density at radius 3 is 2.73 bits per heavy atom. The van der Waals surface area contributed by atoms with E-state index in [4.69, 9.17) is 16.3 Å². The average molecular weight is 560 g/mol. The molecule has 0 radical (unpaired) electrons. The van der Waals surface area contributed by atoms with Crippen molar-refractivity contribution >= 4 is 29.4 Å². The van der Waals surface area contributed by atoms with Gasteiger partial charge < -0.3 is 9.30 Å². The van der Waals surface area contributed by atoms with Gasteiger partial charge in [-0.25, -0.2) is 9.78 Å². The Balaban J connectivity index is 1.14. The van der Waals surface area contributed by atoms with E-state index < -0.39 is 6.03 Å². The van der Waals surface area contributed by atoms with Crippen LogP contribution in [0.4, 0.5) is 10.6 Å². The normalized spacial score (nSPS) is 16.2.